The van der Waals surface area contributed by atoms with E-state index < -0.39 is 0 Å². The number of rotatable bonds is 5. The van der Waals surface area contributed by atoms with E-state index in [9.17, 15) is 0 Å². The minimum atomic E-state index is 0.358. The number of allylic oxidation sites excluding steroid dienone is 2. The Morgan fingerprint density at radius 1 is 1.38 bits per heavy atom. The summed E-state index contributed by atoms with van der Waals surface area (Å²) < 4.78 is 0. The van der Waals surface area contributed by atoms with Crippen LogP contribution in [-0.2, 0) is 0 Å². The highest BCUT2D eigenvalue weighted by molar-refractivity contribution is 8.00. The van der Waals surface area contributed by atoms with Crippen LogP contribution in [0.3, 0.4) is 0 Å². The first kappa shape index (κ1) is 11.1. The van der Waals surface area contributed by atoms with Crippen LogP contribution in [-0.4, -0.2) is 17.2 Å². The van der Waals surface area contributed by atoms with Crippen molar-refractivity contribution in [2.75, 3.05) is 12.3 Å². The number of hydrogen-bond donors (Lipinski definition) is 1. The van der Waals surface area contributed by atoms with E-state index in [0.29, 0.717) is 4.87 Å². The van der Waals surface area contributed by atoms with Gasteiger partial charge in [0.25, 0.3) is 0 Å². The van der Waals surface area contributed by atoms with Gasteiger partial charge in [-0.1, -0.05) is 25.5 Å². The monoisotopic (exact) mass is 199 g/mol. The largest absolute Gasteiger partial charge is 0.302 e. The number of hydrogen-bond acceptors (Lipinski definition) is 2. The zero-order valence-electron chi connectivity index (χ0n) is 8.81. The van der Waals surface area contributed by atoms with E-state index in [1.165, 1.54) is 38.0 Å². The van der Waals surface area contributed by atoms with Crippen molar-refractivity contribution in [1.29, 1.82) is 0 Å². The van der Waals surface area contributed by atoms with Crippen LogP contribution in [0.15, 0.2) is 12.2 Å². The number of unbranched alkanes of at least 4 members (excludes halogenated alkanes) is 1. The summed E-state index contributed by atoms with van der Waals surface area (Å²) in [4.78, 5) is 0.358. The van der Waals surface area contributed by atoms with Crippen molar-refractivity contribution in [1.82, 2.24) is 5.32 Å². The van der Waals surface area contributed by atoms with Crippen molar-refractivity contribution in [3.63, 3.8) is 0 Å². The lowest BCUT2D eigenvalue weighted by Crippen LogP contribution is -2.33. The average Bonchev–Trinajstić information content (AvgIpc) is 2.53. The Bertz CT molecular complexity index is 159. The Labute approximate surface area is 86.4 Å². The molecular weight excluding hydrogens is 178 g/mol. The fraction of sp³-hybridized carbons (Fsp3) is 0.818. The zero-order valence-corrected chi connectivity index (χ0v) is 9.62. The molecule has 2 heteroatoms. The quantitative estimate of drug-likeness (QED) is 0.683. The molecule has 1 unspecified atom stereocenters. The molecule has 0 aromatic rings. The van der Waals surface area contributed by atoms with Crippen LogP contribution in [0.4, 0.5) is 0 Å². The first-order valence-corrected chi connectivity index (χ1v) is 6.29. The standard InChI is InChI=1S/C11H21NS/c1-3-4-5-6-7-8-11(2)12-9-10-13-11/h5-6,12H,3-4,7-10H2,1-2H3. The van der Waals surface area contributed by atoms with Gasteiger partial charge in [0.05, 0.1) is 4.87 Å². The normalized spacial score (nSPS) is 28.8. The highest BCUT2D eigenvalue weighted by Gasteiger charge is 2.27. The Morgan fingerprint density at radius 2 is 2.15 bits per heavy atom. The van der Waals surface area contributed by atoms with Gasteiger partial charge in [0.2, 0.25) is 0 Å². The summed E-state index contributed by atoms with van der Waals surface area (Å²) in [5.41, 5.74) is 0. The molecule has 1 atom stereocenters. The van der Waals surface area contributed by atoms with E-state index in [1.807, 2.05) is 0 Å². The predicted molar refractivity (Wildman–Crippen MR) is 62.1 cm³/mol. The molecule has 1 heterocycles. The lowest BCUT2D eigenvalue weighted by molar-refractivity contribution is 0.511. The van der Waals surface area contributed by atoms with Crippen LogP contribution in [0.1, 0.15) is 39.5 Å². The van der Waals surface area contributed by atoms with E-state index in [2.05, 4.69) is 43.1 Å². The van der Waals surface area contributed by atoms with Crippen molar-refractivity contribution in [2.24, 2.45) is 0 Å². The second-order valence-electron chi connectivity index (χ2n) is 3.80. The summed E-state index contributed by atoms with van der Waals surface area (Å²) in [7, 11) is 0. The third kappa shape index (κ3) is 4.19. The van der Waals surface area contributed by atoms with Crippen LogP contribution in [0.25, 0.3) is 0 Å². The third-order valence-electron chi connectivity index (χ3n) is 2.43. The maximum atomic E-state index is 3.55. The molecule has 76 valence electrons. The molecule has 0 radical (unpaired) electrons. The van der Waals surface area contributed by atoms with Gasteiger partial charge in [-0.25, -0.2) is 0 Å². The van der Waals surface area contributed by atoms with Gasteiger partial charge < -0.3 is 5.32 Å². The Balaban J connectivity index is 2.10. The molecule has 1 saturated heterocycles. The summed E-state index contributed by atoms with van der Waals surface area (Å²) in [6.45, 7) is 5.72. The molecule has 1 nitrogen and oxygen atoms in total. The average molecular weight is 199 g/mol. The van der Waals surface area contributed by atoms with Crippen LogP contribution < -0.4 is 5.32 Å². The lowest BCUT2D eigenvalue weighted by Gasteiger charge is -2.22. The van der Waals surface area contributed by atoms with Crippen molar-refractivity contribution < 1.29 is 0 Å². The summed E-state index contributed by atoms with van der Waals surface area (Å²) in [6, 6.07) is 0. The highest BCUT2D eigenvalue weighted by Crippen LogP contribution is 2.31. The smallest absolute Gasteiger partial charge is 0.0620 e. The van der Waals surface area contributed by atoms with Gasteiger partial charge in [-0.15, -0.1) is 11.8 Å². The Kier molecular flexibility index (Phi) is 4.89. The second kappa shape index (κ2) is 5.71. The van der Waals surface area contributed by atoms with Crippen molar-refractivity contribution in [3.05, 3.63) is 12.2 Å². The van der Waals surface area contributed by atoms with Gasteiger partial charge in [0.15, 0.2) is 0 Å². The number of nitrogens with one attached hydrogen (secondary N) is 1. The van der Waals surface area contributed by atoms with Crippen LogP contribution in [0.2, 0.25) is 0 Å². The maximum absolute atomic E-state index is 3.55. The molecule has 0 aromatic carbocycles. The molecule has 1 aliphatic heterocycles. The molecular formula is C11H21NS. The van der Waals surface area contributed by atoms with Crippen molar-refractivity contribution >= 4 is 11.8 Å². The maximum Gasteiger partial charge on any atom is 0.0620 e. The number of thioether (sulfide) groups is 1. The topological polar surface area (TPSA) is 12.0 Å². The summed E-state index contributed by atoms with van der Waals surface area (Å²) >= 11 is 2.06. The molecule has 1 aliphatic rings. The summed E-state index contributed by atoms with van der Waals surface area (Å²) in [5, 5.41) is 3.55. The Morgan fingerprint density at radius 3 is 2.77 bits per heavy atom. The first-order valence-electron chi connectivity index (χ1n) is 5.31. The van der Waals surface area contributed by atoms with Crippen LogP contribution >= 0.6 is 11.8 Å². The molecule has 0 bridgehead atoms. The van der Waals surface area contributed by atoms with Crippen molar-refractivity contribution in [2.45, 2.75) is 44.4 Å². The molecule has 0 aliphatic carbocycles. The zero-order chi connectivity index (χ0) is 9.57. The fourth-order valence-electron chi connectivity index (χ4n) is 1.56. The van der Waals surface area contributed by atoms with E-state index in [-0.39, 0.29) is 0 Å². The van der Waals surface area contributed by atoms with E-state index in [0.717, 1.165) is 0 Å². The van der Waals surface area contributed by atoms with E-state index in [1.54, 1.807) is 0 Å². The second-order valence-corrected chi connectivity index (χ2v) is 5.40. The predicted octanol–water partition coefficient (Wildman–Crippen LogP) is 3.18. The van der Waals surface area contributed by atoms with Gasteiger partial charge in [-0.2, -0.15) is 0 Å². The van der Waals surface area contributed by atoms with Gasteiger partial charge in [-0.05, 0) is 26.2 Å². The van der Waals surface area contributed by atoms with E-state index >= 15 is 0 Å². The Hall–Kier alpha value is 0.0500. The van der Waals surface area contributed by atoms with Gasteiger partial charge in [0.1, 0.15) is 0 Å². The third-order valence-corrected chi connectivity index (χ3v) is 3.83. The molecule has 1 N–H and O–H groups in total. The van der Waals surface area contributed by atoms with Gasteiger partial charge in [-0.3, -0.25) is 0 Å². The fourth-order valence-corrected chi connectivity index (χ4v) is 2.69. The SMILES string of the molecule is CCCC=CCCC1(C)NCCS1. The molecule has 1 rings (SSSR count). The minimum Gasteiger partial charge on any atom is -0.302 e. The molecule has 13 heavy (non-hydrogen) atoms. The van der Waals surface area contributed by atoms with Crippen LogP contribution in [0.5, 0.6) is 0 Å². The molecule has 0 saturated carbocycles. The summed E-state index contributed by atoms with van der Waals surface area (Å²) in [5.74, 6) is 1.27. The molecule has 0 amide bonds. The molecule has 0 aromatic heterocycles. The highest BCUT2D eigenvalue weighted by atomic mass is 32.2. The summed E-state index contributed by atoms with van der Waals surface area (Å²) in [6.07, 6.45) is 9.62. The van der Waals surface area contributed by atoms with Crippen LogP contribution in [0, 0.1) is 0 Å². The molecule has 1 fully saturated rings. The van der Waals surface area contributed by atoms with Gasteiger partial charge >= 0.3 is 0 Å². The van der Waals surface area contributed by atoms with Crippen molar-refractivity contribution in [3.8, 4) is 0 Å². The molecule has 0 spiro atoms. The minimum absolute atomic E-state index is 0.358. The van der Waals surface area contributed by atoms with E-state index in [4.69, 9.17) is 0 Å². The van der Waals surface area contributed by atoms with Gasteiger partial charge in [0, 0.05) is 12.3 Å². The lowest BCUT2D eigenvalue weighted by atomic mass is 10.1. The first-order chi connectivity index (χ1) is 6.27.